The quantitative estimate of drug-likeness (QED) is 0.361. The smallest absolute Gasteiger partial charge is 0.335 e. The van der Waals surface area contributed by atoms with Crippen molar-refractivity contribution in [3.63, 3.8) is 0 Å². The van der Waals surface area contributed by atoms with E-state index in [-0.39, 0.29) is 0 Å². The maximum atomic E-state index is 11.4. The minimum atomic E-state index is -0.436. The first kappa shape index (κ1) is 12.9. The molecule has 0 aromatic heterocycles. The van der Waals surface area contributed by atoms with Crippen LogP contribution >= 0.6 is 0 Å². The number of esters is 1. The lowest BCUT2D eigenvalue weighted by Gasteiger charge is -2.09. The molecule has 1 heterocycles. The van der Waals surface area contributed by atoms with E-state index in [9.17, 15) is 4.79 Å². The molecule has 102 valence electrons. The van der Waals surface area contributed by atoms with Crippen molar-refractivity contribution in [3.8, 4) is 5.75 Å². The van der Waals surface area contributed by atoms with E-state index in [4.69, 9.17) is 9.47 Å². The Morgan fingerprint density at radius 1 is 1.30 bits per heavy atom. The van der Waals surface area contributed by atoms with Gasteiger partial charge in [-0.25, -0.2) is 4.79 Å². The van der Waals surface area contributed by atoms with Gasteiger partial charge < -0.3 is 9.47 Å². The van der Waals surface area contributed by atoms with Crippen molar-refractivity contribution in [2.75, 3.05) is 6.61 Å². The number of epoxide rings is 1. The Morgan fingerprint density at radius 2 is 2.05 bits per heavy atom. The molecule has 0 aliphatic carbocycles. The largest absolute Gasteiger partial charge is 0.423 e. The van der Waals surface area contributed by atoms with Crippen molar-refractivity contribution >= 4 is 16.7 Å². The summed E-state index contributed by atoms with van der Waals surface area (Å²) in [5.74, 6) is 0.145. The van der Waals surface area contributed by atoms with Gasteiger partial charge in [-0.05, 0) is 29.9 Å². The molecule has 2 aromatic rings. The molecule has 2 aromatic carbocycles. The van der Waals surface area contributed by atoms with Gasteiger partial charge in [0.15, 0.2) is 0 Å². The van der Waals surface area contributed by atoms with E-state index in [0.29, 0.717) is 11.9 Å². The number of hydrogen-bond acceptors (Lipinski definition) is 3. The van der Waals surface area contributed by atoms with E-state index in [1.165, 1.54) is 11.6 Å². The van der Waals surface area contributed by atoms with Crippen LogP contribution in [0.3, 0.4) is 0 Å². The van der Waals surface area contributed by atoms with Gasteiger partial charge in [0.05, 0.1) is 12.7 Å². The van der Waals surface area contributed by atoms with Gasteiger partial charge >= 0.3 is 5.97 Å². The lowest BCUT2D eigenvalue weighted by Crippen LogP contribution is -2.03. The topological polar surface area (TPSA) is 38.8 Å². The fourth-order valence-corrected chi connectivity index (χ4v) is 2.35. The van der Waals surface area contributed by atoms with Crippen LogP contribution in [0.1, 0.15) is 12.0 Å². The minimum Gasteiger partial charge on any atom is -0.423 e. The number of rotatable bonds is 5. The second-order valence-electron chi connectivity index (χ2n) is 4.89. The van der Waals surface area contributed by atoms with Crippen molar-refractivity contribution in [2.45, 2.75) is 18.9 Å². The molecule has 1 fully saturated rings. The Hall–Kier alpha value is -2.13. The van der Waals surface area contributed by atoms with E-state index in [1.807, 2.05) is 18.2 Å². The summed E-state index contributed by atoms with van der Waals surface area (Å²) in [4.78, 5) is 11.4. The Balaban J connectivity index is 1.94. The molecule has 3 heteroatoms. The molecular formula is C17H16O3. The molecule has 1 aliphatic heterocycles. The van der Waals surface area contributed by atoms with Crippen molar-refractivity contribution < 1.29 is 14.3 Å². The van der Waals surface area contributed by atoms with Crippen molar-refractivity contribution in [3.05, 3.63) is 54.6 Å². The zero-order chi connectivity index (χ0) is 13.9. The third kappa shape index (κ3) is 2.73. The number of fused-ring (bicyclic) bond motifs is 1. The van der Waals surface area contributed by atoms with Gasteiger partial charge in [-0.1, -0.05) is 36.9 Å². The first-order valence-corrected chi connectivity index (χ1v) is 6.74. The van der Waals surface area contributed by atoms with Crippen LogP contribution in [0.5, 0.6) is 5.75 Å². The monoisotopic (exact) mass is 268 g/mol. The zero-order valence-corrected chi connectivity index (χ0v) is 11.2. The van der Waals surface area contributed by atoms with Gasteiger partial charge in [-0.3, -0.25) is 0 Å². The number of aryl methyl sites for hydroxylation is 1. The molecule has 1 atom stereocenters. The highest BCUT2D eigenvalue weighted by atomic mass is 16.6. The lowest BCUT2D eigenvalue weighted by molar-refractivity contribution is -0.128. The lowest BCUT2D eigenvalue weighted by atomic mass is 9.99. The summed E-state index contributed by atoms with van der Waals surface area (Å²) in [6.45, 7) is 4.30. The van der Waals surface area contributed by atoms with Crippen molar-refractivity contribution in [1.29, 1.82) is 0 Å². The summed E-state index contributed by atoms with van der Waals surface area (Å²) >= 11 is 0. The standard InChI is InChI=1S/C17H16O3/c1-2-17(18)20-16-8-4-6-14-12(5-3-7-15(14)16)9-10-13-11-19-13/h2-8,13H,1,9-11H2. The van der Waals surface area contributed by atoms with Crippen LogP contribution in [-0.2, 0) is 16.0 Å². The minimum absolute atomic E-state index is 0.423. The van der Waals surface area contributed by atoms with Gasteiger partial charge in [-0.2, -0.15) is 0 Å². The Bertz CT molecular complexity index is 656. The molecule has 1 unspecified atom stereocenters. The maximum Gasteiger partial charge on any atom is 0.335 e. The maximum absolute atomic E-state index is 11.4. The molecule has 1 saturated heterocycles. The molecule has 0 N–H and O–H groups in total. The number of carbonyl (C=O) groups excluding carboxylic acids is 1. The summed E-state index contributed by atoms with van der Waals surface area (Å²) in [6.07, 6.45) is 3.61. The average Bonchev–Trinajstić information content (AvgIpc) is 3.29. The second-order valence-corrected chi connectivity index (χ2v) is 4.89. The number of benzene rings is 2. The zero-order valence-electron chi connectivity index (χ0n) is 11.2. The summed E-state index contributed by atoms with van der Waals surface area (Å²) in [6, 6.07) is 11.9. The fraction of sp³-hybridized carbons (Fsp3) is 0.235. The normalized spacial score (nSPS) is 16.9. The van der Waals surface area contributed by atoms with Crippen LogP contribution < -0.4 is 4.74 Å². The van der Waals surface area contributed by atoms with E-state index in [0.717, 1.165) is 30.2 Å². The first-order chi connectivity index (χ1) is 9.78. The predicted molar refractivity (Wildman–Crippen MR) is 77.8 cm³/mol. The van der Waals surface area contributed by atoms with Crippen LogP contribution in [0.2, 0.25) is 0 Å². The SMILES string of the molecule is C=CC(=O)Oc1cccc2c(CCC3CO3)cccc12. The molecule has 0 saturated carbocycles. The van der Waals surface area contributed by atoms with Gasteiger partial charge in [0.25, 0.3) is 0 Å². The van der Waals surface area contributed by atoms with Crippen LogP contribution in [0.4, 0.5) is 0 Å². The van der Waals surface area contributed by atoms with E-state index in [1.54, 1.807) is 6.07 Å². The van der Waals surface area contributed by atoms with Crippen LogP contribution in [0.25, 0.3) is 10.8 Å². The van der Waals surface area contributed by atoms with Gasteiger partial charge in [0, 0.05) is 11.5 Å². The molecule has 20 heavy (non-hydrogen) atoms. The van der Waals surface area contributed by atoms with Gasteiger partial charge in [0.2, 0.25) is 0 Å². The Morgan fingerprint density at radius 3 is 2.80 bits per heavy atom. The van der Waals surface area contributed by atoms with Crippen LogP contribution in [-0.4, -0.2) is 18.7 Å². The number of hydrogen-bond donors (Lipinski definition) is 0. The van der Waals surface area contributed by atoms with E-state index < -0.39 is 5.97 Å². The number of ether oxygens (including phenoxy) is 2. The average molecular weight is 268 g/mol. The second kappa shape index (κ2) is 5.47. The van der Waals surface area contributed by atoms with Crippen molar-refractivity contribution in [1.82, 2.24) is 0 Å². The molecule has 0 amide bonds. The third-order valence-electron chi connectivity index (χ3n) is 3.49. The van der Waals surface area contributed by atoms with Crippen molar-refractivity contribution in [2.24, 2.45) is 0 Å². The molecule has 1 aliphatic rings. The fourth-order valence-electron chi connectivity index (χ4n) is 2.35. The van der Waals surface area contributed by atoms with E-state index in [2.05, 4.69) is 18.7 Å². The summed E-state index contributed by atoms with van der Waals surface area (Å²) in [5.41, 5.74) is 1.26. The summed E-state index contributed by atoms with van der Waals surface area (Å²) in [5, 5.41) is 2.08. The Labute approximate surface area is 117 Å². The molecular weight excluding hydrogens is 252 g/mol. The first-order valence-electron chi connectivity index (χ1n) is 6.74. The van der Waals surface area contributed by atoms with Crippen LogP contribution in [0.15, 0.2) is 49.1 Å². The molecule has 0 bridgehead atoms. The highest BCUT2D eigenvalue weighted by Crippen LogP contribution is 2.29. The Kier molecular flexibility index (Phi) is 3.52. The third-order valence-corrected chi connectivity index (χ3v) is 3.49. The summed E-state index contributed by atoms with van der Waals surface area (Å²) < 4.78 is 10.5. The molecule has 0 radical (unpaired) electrons. The molecule has 3 nitrogen and oxygen atoms in total. The molecule has 3 rings (SSSR count). The number of carbonyl (C=O) groups is 1. The predicted octanol–water partition coefficient (Wildman–Crippen LogP) is 3.26. The summed E-state index contributed by atoms with van der Waals surface area (Å²) in [7, 11) is 0. The van der Waals surface area contributed by atoms with Gasteiger partial charge in [-0.15, -0.1) is 0 Å². The highest BCUT2D eigenvalue weighted by Gasteiger charge is 2.22. The molecule has 0 spiro atoms. The van der Waals surface area contributed by atoms with Gasteiger partial charge in [0.1, 0.15) is 5.75 Å². The highest BCUT2D eigenvalue weighted by molar-refractivity contribution is 5.94. The van der Waals surface area contributed by atoms with E-state index >= 15 is 0 Å². The van der Waals surface area contributed by atoms with Crippen LogP contribution in [0, 0.1) is 0 Å².